The summed E-state index contributed by atoms with van der Waals surface area (Å²) in [5.41, 5.74) is 0. The monoisotopic (exact) mass is 120 g/mol. The van der Waals surface area contributed by atoms with Crippen LogP contribution < -0.4 is 0 Å². The van der Waals surface area contributed by atoms with E-state index in [4.69, 9.17) is 0 Å². The van der Waals surface area contributed by atoms with Gasteiger partial charge in [0, 0.05) is 5.92 Å². The average Bonchev–Trinajstić information content (AvgIpc) is 1.94. The molecular formula is C4H8O4. The number of rotatable bonds is 0. The summed E-state index contributed by atoms with van der Waals surface area (Å²) in [6.45, 7) is 3.00. The van der Waals surface area contributed by atoms with Crippen molar-refractivity contribution in [1.82, 2.24) is 0 Å². The van der Waals surface area contributed by atoms with E-state index in [1.54, 1.807) is 0 Å². The van der Waals surface area contributed by atoms with E-state index in [2.05, 4.69) is 19.9 Å². The van der Waals surface area contributed by atoms with Crippen LogP contribution in [0.1, 0.15) is 6.92 Å². The van der Waals surface area contributed by atoms with Crippen LogP contribution in [0.25, 0.3) is 0 Å². The van der Waals surface area contributed by atoms with Crippen LogP contribution in [0.4, 0.5) is 0 Å². The SMILES string of the molecule is CC1COOOOC1. The van der Waals surface area contributed by atoms with Crippen molar-refractivity contribution in [1.29, 1.82) is 0 Å². The van der Waals surface area contributed by atoms with Crippen LogP contribution in [-0.2, 0) is 19.9 Å². The molecule has 0 aromatic heterocycles. The fraction of sp³-hybridized carbons (Fsp3) is 1.00. The molecule has 0 amide bonds. The van der Waals surface area contributed by atoms with Crippen molar-refractivity contribution in [2.24, 2.45) is 5.92 Å². The molecule has 4 heteroatoms. The van der Waals surface area contributed by atoms with Crippen LogP contribution in [0, 0.1) is 5.92 Å². The van der Waals surface area contributed by atoms with Crippen LogP contribution in [-0.4, -0.2) is 13.2 Å². The van der Waals surface area contributed by atoms with Gasteiger partial charge in [-0.05, 0) is 10.1 Å². The third kappa shape index (κ3) is 1.75. The molecule has 1 aliphatic heterocycles. The zero-order valence-corrected chi connectivity index (χ0v) is 4.62. The average molecular weight is 120 g/mol. The van der Waals surface area contributed by atoms with E-state index < -0.39 is 0 Å². The van der Waals surface area contributed by atoms with Crippen LogP contribution in [0.15, 0.2) is 0 Å². The fourth-order valence-corrected chi connectivity index (χ4v) is 0.375. The first-order valence-electron chi connectivity index (χ1n) is 2.47. The van der Waals surface area contributed by atoms with E-state index in [1.807, 2.05) is 6.92 Å². The van der Waals surface area contributed by atoms with Crippen molar-refractivity contribution in [2.75, 3.05) is 13.2 Å². The zero-order valence-electron chi connectivity index (χ0n) is 4.62. The Balaban J connectivity index is 2.17. The highest BCUT2D eigenvalue weighted by Crippen LogP contribution is 2.02. The molecule has 0 saturated carbocycles. The Morgan fingerprint density at radius 3 is 2.12 bits per heavy atom. The molecular weight excluding hydrogens is 112 g/mol. The molecule has 0 spiro atoms. The molecule has 8 heavy (non-hydrogen) atoms. The summed E-state index contributed by atoms with van der Waals surface area (Å²) in [5, 5.41) is 8.09. The molecule has 1 heterocycles. The summed E-state index contributed by atoms with van der Waals surface area (Å²) < 4.78 is 0. The molecule has 0 N–H and O–H groups in total. The molecule has 1 aliphatic rings. The Bertz CT molecular complexity index is 57.1. The van der Waals surface area contributed by atoms with Gasteiger partial charge in [0.1, 0.15) is 0 Å². The Labute approximate surface area is 47.1 Å². The lowest BCUT2D eigenvalue weighted by Crippen LogP contribution is -2.06. The zero-order chi connectivity index (χ0) is 5.82. The molecule has 0 aromatic carbocycles. The highest BCUT2D eigenvalue weighted by molar-refractivity contribution is 4.44. The highest BCUT2D eigenvalue weighted by atomic mass is 17.7. The second-order valence-corrected chi connectivity index (χ2v) is 1.81. The topological polar surface area (TPSA) is 36.9 Å². The Morgan fingerprint density at radius 2 is 1.62 bits per heavy atom. The van der Waals surface area contributed by atoms with Gasteiger partial charge < -0.3 is 0 Å². The lowest BCUT2D eigenvalue weighted by Gasteiger charge is -1.97. The van der Waals surface area contributed by atoms with Crippen molar-refractivity contribution in [2.45, 2.75) is 6.92 Å². The summed E-state index contributed by atoms with van der Waals surface area (Å²) >= 11 is 0. The van der Waals surface area contributed by atoms with Crippen LogP contribution in [0.2, 0.25) is 0 Å². The van der Waals surface area contributed by atoms with E-state index in [1.165, 1.54) is 0 Å². The van der Waals surface area contributed by atoms with Crippen molar-refractivity contribution in [3.05, 3.63) is 0 Å². The van der Waals surface area contributed by atoms with Gasteiger partial charge in [-0.1, -0.05) is 6.92 Å². The van der Waals surface area contributed by atoms with Gasteiger partial charge in [-0.2, -0.15) is 0 Å². The van der Waals surface area contributed by atoms with Crippen molar-refractivity contribution in [3.8, 4) is 0 Å². The van der Waals surface area contributed by atoms with E-state index in [0.717, 1.165) is 0 Å². The molecule has 1 rings (SSSR count). The number of hydrogen-bond acceptors (Lipinski definition) is 4. The first-order valence-corrected chi connectivity index (χ1v) is 2.47. The van der Waals surface area contributed by atoms with Gasteiger partial charge in [0.2, 0.25) is 0 Å². The van der Waals surface area contributed by atoms with Gasteiger partial charge in [0.25, 0.3) is 0 Å². The van der Waals surface area contributed by atoms with E-state index >= 15 is 0 Å². The predicted molar refractivity (Wildman–Crippen MR) is 23.2 cm³/mol. The second-order valence-electron chi connectivity index (χ2n) is 1.81. The lowest BCUT2D eigenvalue weighted by molar-refractivity contribution is -0.622. The fourth-order valence-electron chi connectivity index (χ4n) is 0.375. The smallest absolute Gasteiger partial charge is 0.0903 e. The molecule has 0 unspecified atom stereocenters. The van der Waals surface area contributed by atoms with Crippen molar-refractivity contribution < 1.29 is 19.9 Å². The van der Waals surface area contributed by atoms with Gasteiger partial charge in [-0.25, -0.2) is 9.78 Å². The van der Waals surface area contributed by atoms with Crippen LogP contribution in [0.5, 0.6) is 0 Å². The standard InChI is InChI=1S/C4H8O4/c1-4-2-5-7-8-6-3-4/h4H,2-3H2,1H3. The van der Waals surface area contributed by atoms with E-state index in [9.17, 15) is 0 Å². The first kappa shape index (κ1) is 5.97. The normalized spacial score (nSPS) is 25.1. The minimum absolute atomic E-state index is 0.331. The largest absolute Gasteiger partial charge is 0.203 e. The van der Waals surface area contributed by atoms with Gasteiger partial charge >= 0.3 is 0 Å². The molecule has 0 radical (unpaired) electrons. The quantitative estimate of drug-likeness (QED) is 0.435. The second kappa shape index (κ2) is 2.99. The van der Waals surface area contributed by atoms with Gasteiger partial charge in [0.15, 0.2) is 0 Å². The van der Waals surface area contributed by atoms with E-state index in [-0.39, 0.29) is 0 Å². The first-order chi connectivity index (χ1) is 3.89. The number of hydrogen-bond donors (Lipinski definition) is 0. The summed E-state index contributed by atoms with van der Waals surface area (Å²) in [7, 11) is 0. The summed E-state index contributed by atoms with van der Waals surface area (Å²) in [6, 6.07) is 0. The highest BCUT2D eigenvalue weighted by Gasteiger charge is 2.08. The molecule has 0 aromatic rings. The Hall–Kier alpha value is -0.160. The molecule has 0 atom stereocenters. The summed E-state index contributed by atoms with van der Waals surface area (Å²) in [6.07, 6.45) is 0. The van der Waals surface area contributed by atoms with Gasteiger partial charge in [-0.3, -0.25) is 0 Å². The van der Waals surface area contributed by atoms with Gasteiger partial charge in [-0.15, -0.1) is 0 Å². The van der Waals surface area contributed by atoms with Crippen LogP contribution in [0.3, 0.4) is 0 Å². The minimum atomic E-state index is 0.331. The minimum Gasteiger partial charge on any atom is -0.203 e. The van der Waals surface area contributed by atoms with Crippen LogP contribution >= 0.6 is 0 Å². The molecule has 0 aliphatic carbocycles. The van der Waals surface area contributed by atoms with Crippen molar-refractivity contribution in [3.63, 3.8) is 0 Å². The molecule has 48 valence electrons. The van der Waals surface area contributed by atoms with Crippen molar-refractivity contribution >= 4 is 0 Å². The third-order valence-electron chi connectivity index (χ3n) is 0.829. The molecule has 0 bridgehead atoms. The molecule has 1 saturated heterocycles. The van der Waals surface area contributed by atoms with E-state index in [0.29, 0.717) is 19.1 Å². The Kier molecular flexibility index (Phi) is 2.23. The summed E-state index contributed by atoms with van der Waals surface area (Å²) in [4.78, 5) is 8.92. The van der Waals surface area contributed by atoms with Gasteiger partial charge in [0.05, 0.1) is 13.2 Å². The maximum absolute atomic E-state index is 4.46. The maximum atomic E-state index is 4.46. The molecule has 4 nitrogen and oxygen atoms in total. The Morgan fingerprint density at radius 1 is 1.12 bits per heavy atom. The molecule has 1 fully saturated rings. The maximum Gasteiger partial charge on any atom is 0.0903 e. The predicted octanol–water partition coefficient (Wildman–Crippen LogP) is 0.448. The summed E-state index contributed by atoms with van der Waals surface area (Å²) in [5.74, 6) is 0.331. The third-order valence-corrected chi connectivity index (χ3v) is 0.829. The lowest BCUT2D eigenvalue weighted by atomic mass is 10.2.